The van der Waals surface area contributed by atoms with Crippen molar-refractivity contribution in [1.82, 2.24) is 14.8 Å². The van der Waals surface area contributed by atoms with E-state index in [1.807, 2.05) is 0 Å². The lowest BCUT2D eigenvalue weighted by molar-refractivity contribution is -0.144. The van der Waals surface area contributed by atoms with Gasteiger partial charge >= 0.3 is 12.4 Å². The Labute approximate surface area is 170 Å². The summed E-state index contributed by atoms with van der Waals surface area (Å²) in [6.07, 6.45) is -10.1. The molecule has 4 rings (SSSR count). The Balaban J connectivity index is 2.15. The fraction of sp³-hybridized carbons (Fsp3) is 0.100. The van der Waals surface area contributed by atoms with Crippen LogP contribution in [0, 0.1) is 0 Å². The van der Waals surface area contributed by atoms with Gasteiger partial charge in [-0.15, -0.1) is 0 Å². The number of hydrogen-bond donors (Lipinski definition) is 0. The number of rotatable bonds is 2. The van der Waals surface area contributed by atoms with Crippen LogP contribution in [-0.2, 0) is 12.4 Å². The fourth-order valence-electron chi connectivity index (χ4n) is 3.04. The minimum absolute atomic E-state index is 0.0127. The second kappa shape index (κ2) is 7.02. The molecule has 0 unspecified atom stereocenters. The maximum absolute atomic E-state index is 13.8. The van der Waals surface area contributed by atoms with Crippen molar-refractivity contribution in [3.8, 4) is 16.9 Å². The second-order valence-corrected chi connectivity index (χ2v) is 6.79. The van der Waals surface area contributed by atoms with Crippen molar-refractivity contribution in [2.45, 2.75) is 12.4 Å². The Hall–Kier alpha value is -3.07. The monoisotopic (exact) mass is 441 g/mol. The van der Waals surface area contributed by atoms with Gasteiger partial charge in [0.05, 0.1) is 16.6 Å². The van der Waals surface area contributed by atoms with Gasteiger partial charge in [-0.3, -0.25) is 0 Å². The van der Waals surface area contributed by atoms with E-state index in [0.717, 1.165) is 4.68 Å². The van der Waals surface area contributed by atoms with E-state index in [1.165, 1.54) is 36.4 Å². The van der Waals surface area contributed by atoms with Gasteiger partial charge in [-0.05, 0) is 30.3 Å². The van der Waals surface area contributed by atoms with Crippen LogP contribution in [0.2, 0.25) is 5.02 Å². The van der Waals surface area contributed by atoms with Gasteiger partial charge in [0.15, 0.2) is 5.65 Å². The van der Waals surface area contributed by atoms with Crippen LogP contribution in [0.15, 0.2) is 60.7 Å². The molecule has 0 saturated heterocycles. The molecule has 0 atom stereocenters. The third-order valence-corrected chi connectivity index (χ3v) is 4.60. The Morgan fingerprint density at radius 3 is 2.00 bits per heavy atom. The molecule has 0 amide bonds. The first-order chi connectivity index (χ1) is 14.1. The summed E-state index contributed by atoms with van der Waals surface area (Å²) in [7, 11) is 0. The Morgan fingerprint density at radius 2 is 1.43 bits per heavy atom. The van der Waals surface area contributed by atoms with Crippen LogP contribution >= 0.6 is 11.6 Å². The first kappa shape index (κ1) is 20.2. The molecule has 0 aliphatic rings. The van der Waals surface area contributed by atoms with Gasteiger partial charge in [-0.1, -0.05) is 41.9 Å². The number of nitrogens with zero attached hydrogens (tertiary/aromatic N) is 3. The molecule has 3 nitrogen and oxygen atoms in total. The zero-order valence-corrected chi connectivity index (χ0v) is 15.5. The summed E-state index contributed by atoms with van der Waals surface area (Å²) in [6.45, 7) is 0. The predicted octanol–water partition coefficient (Wildman–Crippen LogP) is 6.78. The van der Waals surface area contributed by atoms with E-state index >= 15 is 0 Å². The third-order valence-electron chi connectivity index (χ3n) is 4.35. The lowest BCUT2D eigenvalue weighted by atomic mass is 10.0. The number of halogens is 7. The van der Waals surface area contributed by atoms with Crippen LogP contribution in [0.1, 0.15) is 11.3 Å². The molecule has 0 aliphatic carbocycles. The van der Waals surface area contributed by atoms with Crippen molar-refractivity contribution >= 4 is 22.6 Å². The van der Waals surface area contributed by atoms with Gasteiger partial charge in [0.1, 0.15) is 11.4 Å². The highest BCUT2D eigenvalue weighted by Gasteiger charge is 2.41. The minimum atomic E-state index is -5.07. The summed E-state index contributed by atoms with van der Waals surface area (Å²) < 4.78 is 82.3. The van der Waals surface area contributed by atoms with Crippen LogP contribution in [-0.4, -0.2) is 14.8 Å². The molecular formula is C20H10ClF6N3. The summed E-state index contributed by atoms with van der Waals surface area (Å²) in [5.41, 5.74) is -3.30. The van der Waals surface area contributed by atoms with Gasteiger partial charge in [0.2, 0.25) is 0 Å². The lowest BCUT2D eigenvalue weighted by Crippen LogP contribution is -2.14. The maximum atomic E-state index is 13.8. The largest absolute Gasteiger partial charge is 0.433 e. The Morgan fingerprint density at radius 1 is 0.800 bits per heavy atom. The van der Waals surface area contributed by atoms with Gasteiger partial charge in [0.25, 0.3) is 0 Å². The molecular weight excluding hydrogens is 432 g/mol. The van der Waals surface area contributed by atoms with Crippen LogP contribution < -0.4 is 0 Å². The van der Waals surface area contributed by atoms with Crippen molar-refractivity contribution in [2.24, 2.45) is 0 Å². The Bertz CT molecular complexity index is 1210. The van der Waals surface area contributed by atoms with E-state index in [-0.39, 0.29) is 23.0 Å². The van der Waals surface area contributed by atoms with Crippen LogP contribution in [0.3, 0.4) is 0 Å². The van der Waals surface area contributed by atoms with Gasteiger partial charge < -0.3 is 0 Å². The van der Waals surface area contributed by atoms with Crippen molar-refractivity contribution in [3.63, 3.8) is 0 Å². The lowest BCUT2D eigenvalue weighted by Gasteiger charge is -2.13. The molecule has 2 aromatic heterocycles. The molecule has 0 spiro atoms. The molecule has 0 radical (unpaired) electrons. The SMILES string of the molecule is FC(F)(F)c1cc(C(F)(F)F)c2c(-c3ccc(Cl)cc3)nn(-c3ccccc3)c2n1. The molecule has 10 heteroatoms. The molecule has 4 aromatic rings. The van der Waals surface area contributed by atoms with Gasteiger partial charge in [-0.25, -0.2) is 9.67 Å². The average Bonchev–Trinajstić information content (AvgIpc) is 3.07. The number of alkyl halides is 6. The van der Waals surface area contributed by atoms with Crippen LogP contribution in [0.25, 0.3) is 28.0 Å². The first-order valence-electron chi connectivity index (χ1n) is 8.45. The molecule has 0 N–H and O–H groups in total. The highest BCUT2D eigenvalue weighted by Crippen LogP contribution is 2.42. The van der Waals surface area contributed by atoms with Crippen LogP contribution in [0.5, 0.6) is 0 Å². The van der Waals surface area contributed by atoms with Crippen LogP contribution in [0.4, 0.5) is 26.3 Å². The zero-order chi connectivity index (χ0) is 21.7. The number of fused-ring (bicyclic) bond motifs is 1. The molecule has 0 aliphatic heterocycles. The van der Waals surface area contributed by atoms with Crippen molar-refractivity contribution in [2.75, 3.05) is 0 Å². The zero-order valence-electron chi connectivity index (χ0n) is 14.8. The number of pyridine rings is 1. The maximum Gasteiger partial charge on any atom is 0.433 e. The molecule has 30 heavy (non-hydrogen) atoms. The number of aromatic nitrogens is 3. The quantitative estimate of drug-likeness (QED) is 0.321. The average molecular weight is 442 g/mol. The van der Waals surface area contributed by atoms with E-state index in [9.17, 15) is 26.3 Å². The summed E-state index contributed by atoms with van der Waals surface area (Å²) in [6, 6.07) is 13.6. The van der Waals surface area contributed by atoms with E-state index < -0.39 is 34.6 Å². The predicted molar refractivity (Wildman–Crippen MR) is 99.3 cm³/mol. The van der Waals surface area contributed by atoms with E-state index in [2.05, 4.69) is 10.1 Å². The highest BCUT2D eigenvalue weighted by atomic mass is 35.5. The number of hydrogen-bond acceptors (Lipinski definition) is 2. The number of benzene rings is 2. The molecule has 0 fully saturated rings. The molecule has 154 valence electrons. The summed E-state index contributed by atoms with van der Waals surface area (Å²) in [5, 5.41) is 4.02. The number of para-hydroxylation sites is 1. The molecule has 2 aromatic carbocycles. The third kappa shape index (κ3) is 3.60. The van der Waals surface area contributed by atoms with E-state index in [1.54, 1.807) is 18.2 Å². The fourth-order valence-corrected chi connectivity index (χ4v) is 3.17. The summed E-state index contributed by atoms with van der Waals surface area (Å²) in [5.74, 6) is 0. The smallest absolute Gasteiger partial charge is 0.223 e. The second-order valence-electron chi connectivity index (χ2n) is 6.35. The highest BCUT2D eigenvalue weighted by molar-refractivity contribution is 6.30. The first-order valence-corrected chi connectivity index (χ1v) is 8.83. The molecule has 2 heterocycles. The van der Waals surface area contributed by atoms with Gasteiger partial charge in [0, 0.05) is 10.6 Å². The summed E-state index contributed by atoms with van der Waals surface area (Å²) in [4.78, 5) is 3.51. The topological polar surface area (TPSA) is 30.7 Å². The van der Waals surface area contributed by atoms with E-state index in [0.29, 0.717) is 5.02 Å². The van der Waals surface area contributed by atoms with E-state index in [4.69, 9.17) is 11.6 Å². The molecule has 0 saturated carbocycles. The normalized spacial score (nSPS) is 12.5. The van der Waals surface area contributed by atoms with Crippen molar-refractivity contribution in [3.05, 3.63) is 76.9 Å². The standard InChI is InChI=1S/C20H10ClF6N3/c21-12-8-6-11(7-9-12)17-16-14(19(22,23)24)10-15(20(25,26)27)28-18(16)30(29-17)13-4-2-1-3-5-13/h1-10H. The van der Waals surface area contributed by atoms with Crippen molar-refractivity contribution in [1.29, 1.82) is 0 Å². The van der Waals surface area contributed by atoms with Gasteiger partial charge in [-0.2, -0.15) is 31.4 Å². The Kier molecular flexibility index (Phi) is 4.73. The minimum Gasteiger partial charge on any atom is -0.223 e. The van der Waals surface area contributed by atoms with Crippen molar-refractivity contribution < 1.29 is 26.3 Å². The molecule has 0 bridgehead atoms. The summed E-state index contributed by atoms with van der Waals surface area (Å²) >= 11 is 5.85.